The maximum atomic E-state index is 5.81. The molecule has 1 aromatic carbocycles. The van der Waals surface area contributed by atoms with Crippen molar-refractivity contribution >= 4 is 38.9 Å². The lowest BCUT2D eigenvalue weighted by atomic mass is 10.1. The summed E-state index contributed by atoms with van der Waals surface area (Å²) in [5.74, 6) is 0. The van der Waals surface area contributed by atoms with E-state index in [4.69, 9.17) is 11.6 Å². The van der Waals surface area contributed by atoms with Gasteiger partial charge in [0.1, 0.15) is 0 Å². The van der Waals surface area contributed by atoms with Gasteiger partial charge in [-0.25, -0.2) is 0 Å². The molecule has 0 saturated heterocycles. The Morgan fingerprint density at radius 2 is 1.79 bits per heavy atom. The number of thiophene rings is 1. The molecule has 1 aromatic heterocycles. The minimum atomic E-state index is 0.793. The SMILES string of the molecule is Clc1ccc(Cc2ccc(Br)s2)cc1. The lowest BCUT2D eigenvalue weighted by molar-refractivity contribution is 1.24. The van der Waals surface area contributed by atoms with Gasteiger partial charge in [0.05, 0.1) is 3.79 Å². The van der Waals surface area contributed by atoms with E-state index in [0.29, 0.717) is 0 Å². The smallest absolute Gasteiger partial charge is 0.0701 e. The van der Waals surface area contributed by atoms with Crippen LogP contribution >= 0.6 is 38.9 Å². The zero-order chi connectivity index (χ0) is 9.97. The molecule has 14 heavy (non-hydrogen) atoms. The molecule has 0 nitrogen and oxygen atoms in total. The molecule has 0 radical (unpaired) electrons. The van der Waals surface area contributed by atoms with Crippen LogP contribution < -0.4 is 0 Å². The maximum absolute atomic E-state index is 5.81. The highest BCUT2D eigenvalue weighted by atomic mass is 79.9. The topological polar surface area (TPSA) is 0 Å². The number of rotatable bonds is 2. The van der Waals surface area contributed by atoms with Gasteiger partial charge in [-0.1, -0.05) is 23.7 Å². The van der Waals surface area contributed by atoms with Crippen LogP contribution in [0.2, 0.25) is 5.02 Å². The quantitative estimate of drug-likeness (QED) is 0.747. The predicted molar refractivity (Wildman–Crippen MR) is 66.3 cm³/mol. The summed E-state index contributed by atoms with van der Waals surface area (Å²) in [5, 5.41) is 0.793. The summed E-state index contributed by atoms with van der Waals surface area (Å²) in [6.07, 6.45) is 0.980. The average Bonchev–Trinajstić information content (AvgIpc) is 2.56. The molecule has 0 spiro atoms. The Bertz CT molecular complexity index is 419. The highest BCUT2D eigenvalue weighted by molar-refractivity contribution is 9.11. The summed E-state index contributed by atoms with van der Waals surface area (Å²) < 4.78 is 1.18. The number of benzene rings is 1. The molecule has 0 N–H and O–H groups in total. The van der Waals surface area contributed by atoms with Crippen molar-refractivity contribution in [3.63, 3.8) is 0 Å². The van der Waals surface area contributed by atoms with Gasteiger partial charge in [0.15, 0.2) is 0 Å². The standard InChI is InChI=1S/C11H8BrClS/c12-11-6-5-10(14-11)7-8-1-3-9(13)4-2-8/h1-6H,7H2. The summed E-state index contributed by atoms with van der Waals surface area (Å²) in [5.41, 5.74) is 1.30. The van der Waals surface area contributed by atoms with E-state index in [1.54, 1.807) is 11.3 Å². The Kier molecular flexibility index (Phi) is 3.26. The number of halogens is 2. The minimum Gasteiger partial charge on any atom is -0.133 e. The second-order valence-corrected chi connectivity index (χ2v) is 5.99. The molecular weight excluding hydrogens is 280 g/mol. The van der Waals surface area contributed by atoms with E-state index >= 15 is 0 Å². The molecule has 0 aliphatic rings. The fraction of sp³-hybridized carbons (Fsp3) is 0.0909. The fourth-order valence-electron chi connectivity index (χ4n) is 1.25. The minimum absolute atomic E-state index is 0.793. The summed E-state index contributed by atoms with van der Waals surface area (Å²) in [4.78, 5) is 1.36. The summed E-state index contributed by atoms with van der Waals surface area (Å²) in [6, 6.07) is 12.2. The number of hydrogen-bond acceptors (Lipinski definition) is 1. The van der Waals surface area contributed by atoms with Crippen LogP contribution in [0, 0.1) is 0 Å². The molecule has 72 valence electrons. The van der Waals surface area contributed by atoms with E-state index < -0.39 is 0 Å². The third-order valence-electron chi connectivity index (χ3n) is 1.92. The summed E-state index contributed by atoms with van der Waals surface area (Å²) >= 11 is 11.0. The zero-order valence-corrected chi connectivity index (χ0v) is 10.5. The summed E-state index contributed by atoms with van der Waals surface area (Å²) in [6.45, 7) is 0. The van der Waals surface area contributed by atoms with Gasteiger partial charge in [-0.3, -0.25) is 0 Å². The first-order valence-corrected chi connectivity index (χ1v) is 6.21. The molecular formula is C11H8BrClS. The van der Waals surface area contributed by atoms with Crippen LogP contribution in [0.1, 0.15) is 10.4 Å². The van der Waals surface area contributed by atoms with Crippen molar-refractivity contribution in [3.8, 4) is 0 Å². The fourth-order valence-corrected chi connectivity index (χ4v) is 2.89. The van der Waals surface area contributed by atoms with Crippen molar-refractivity contribution in [2.45, 2.75) is 6.42 Å². The van der Waals surface area contributed by atoms with Crippen molar-refractivity contribution in [2.24, 2.45) is 0 Å². The van der Waals surface area contributed by atoms with Gasteiger partial charge in [-0.2, -0.15) is 0 Å². The van der Waals surface area contributed by atoms with Gasteiger partial charge in [-0.15, -0.1) is 11.3 Å². The second-order valence-electron chi connectivity index (χ2n) is 3.01. The second kappa shape index (κ2) is 4.47. The molecule has 0 aliphatic heterocycles. The maximum Gasteiger partial charge on any atom is 0.0701 e. The Hall–Kier alpha value is -0.310. The van der Waals surface area contributed by atoms with E-state index in [1.165, 1.54) is 14.2 Å². The Morgan fingerprint density at radius 1 is 1.07 bits per heavy atom. The zero-order valence-electron chi connectivity index (χ0n) is 7.34. The van der Waals surface area contributed by atoms with Gasteiger partial charge < -0.3 is 0 Å². The summed E-state index contributed by atoms with van der Waals surface area (Å²) in [7, 11) is 0. The van der Waals surface area contributed by atoms with Gasteiger partial charge in [0.25, 0.3) is 0 Å². The van der Waals surface area contributed by atoms with Crippen molar-refractivity contribution < 1.29 is 0 Å². The van der Waals surface area contributed by atoms with Gasteiger partial charge in [0.2, 0.25) is 0 Å². The van der Waals surface area contributed by atoms with Gasteiger partial charge in [0, 0.05) is 16.3 Å². The van der Waals surface area contributed by atoms with E-state index in [0.717, 1.165) is 11.4 Å². The van der Waals surface area contributed by atoms with E-state index in [-0.39, 0.29) is 0 Å². The third kappa shape index (κ3) is 2.59. The number of hydrogen-bond donors (Lipinski definition) is 0. The van der Waals surface area contributed by atoms with Crippen molar-refractivity contribution in [1.29, 1.82) is 0 Å². The molecule has 3 heteroatoms. The monoisotopic (exact) mass is 286 g/mol. The molecule has 0 atom stereocenters. The van der Waals surface area contributed by atoms with Crippen LogP contribution in [0.15, 0.2) is 40.2 Å². The van der Waals surface area contributed by atoms with Crippen molar-refractivity contribution in [2.75, 3.05) is 0 Å². The molecule has 2 rings (SSSR count). The van der Waals surface area contributed by atoms with Gasteiger partial charge in [-0.05, 0) is 45.8 Å². The van der Waals surface area contributed by atoms with E-state index in [2.05, 4.69) is 40.2 Å². The average molecular weight is 288 g/mol. The largest absolute Gasteiger partial charge is 0.133 e. The normalized spacial score (nSPS) is 10.4. The van der Waals surface area contributed by atoms with E-state index in [9.17, 15) is 0 Å². The third-order valence-corrected chi connectivity index (χ3v) is 3.80. The van der Waals surface area contributed by atoms with Crippen LogP contribution in [-0.2, 0) is 6.42 Å². The Balaban J connectivity index is 2.15. The predicted octanol–water partition coefficient (Wildman–Crippen LogP) is 4.75. The van der Waals surface area contributed by atoms with Crippen molar-refractivity contribution in [3.05, 3.63) is 55.6 Å². The lowest BCUT2D eigenvalue weighted by Gasteiger charge is -1.98. The molecule has 2 aromatic rings. The molecule has 1 heterocycles. The van der Waals surface area contributed by atoms with Crippen LogP contribution in [0.3, 0.4) is 0 Å². The highest BCUT2D eigenvalue weighted by Gasteiger charge is 1.99. The first-order chi connectivity index (χ1) is 6.74. The van der Waals surface area contributed by atoms with E-state index in [1.807, 2.05) is 12.1 Å². The van der Waals surface area contributed by atoms with Gasteiger partial charge >= 0.3 is 0 Å². The first-order valence-electron chi connectivity index (χ1n) is 4.23. The van der Waals surface area contributed by atoms with Crippen LogP contribution in [0.25, 0.3) is 0 Å². The highest BCUT2D eigenvalue weighted by Crippen LogP contribution is 2.24. The van der Waals surface area contributed by atoms with Crippen LogP contribution in [0.4, 0.5) is 0 Å². The molecule has 0 fully saturated rings. The lowest BCUT2D eigenvalue weighted by Crippen LogP contribution is -1.82. The molecule has 0 bridgehead atoms. The van der Waals surface area contributed by atoms with Crippen LogP contribution in [0.5, 0.6) is 0 Å². The van der Waals surface area contributed by atoms with Crippen LogP contribution in [-0.4, -0.2) is 0 Å². The van der Waals surface area contributed by atoms with Crippen molar-refractivity contribution in [1.82, 2.24) is 0 Å². The molecule has 0 amide bonds. The Morgan fingerprint density at radius 3 is 2.36 bits per heavy atom. The molecule has 0 aliphatic carbocycles. The first kappa shape index (κ1) is 10.2. The molecule has 0 unspecified atom stereocenters. The Labute approximate surface area is 101 Å². The molecule has 0 saturated carbocycles.